The minimum absolute atomic E-state index is 0.0671. The molecule has 0 aliphatic carbocycles. The summed E-state index contributed by atoms with van der Waals surface area (Å²) in [5, 5.41) is 2.17. The predicted octanol–water partition coefficient (Wildman–Crippen LogP) is 14.5. The van der Waals surface area contributed by atoms with Crippen molar-refractivity contribution >= 4 is 32.8 Å². The highest BCUT2D eigenvalue weighted by Crippen LogP contribution is 2.39. The minimum Gasteiger partial charge on any atom is -0.458 e. The van der Waals surface area contributed by atoms with Crippen LogP contribution in [0.4, 0.5) is 0 Å². The first-order chi connectivity index (χ1) is 34.5. The Morgan fingerprint density at radius 3 is 2.03 bits per heavy atom. The fourth-order valence-corrected chi connectivity index (χ4v) is 8.54. The van der Waals surface area contributed by atoms with Crippen molar-refractivity contribution in [1.82, 2.24) is 14.1 Å². The number of para-hydroxylation sites is 2. The van der Waals surface area contributed by atoms with Crippen LogP contribution in [0.25, 0.3) is 72.3 Å². The second-order valence-corrected chi connectivity index (χ2v) is 18.3. The Hall–Kier alpha value is -7.24. The highest BCUT2D eigenvalue weighted by atomic mass is 16.5. The SMILES string of the molecule is [2H]c1c([2H])c([2H])c(-c2cccc(-c3c([2H])c([2H])c([2H])c([2H])c3[2H])c2-[n+]2[c-]n(-c3cccc(Oc4ccc5c6cc(C(C)(C)C)ccc6n(-c6cc(CC(C)(C)C)ccn6)c5c4)c3)c3cccc(C)c32)c([2H])c1[2H]. The third-order valence-electron chi connectivity index (χ3n) is 11.4. The van der Waals surface area contributed by atoms with Crippen LogP contribution in [0.15, 0.2) is 176 Å². The van der Waals surface area contributed by atoms with Gasteiger partial charge in [0.05, 0.1) is 47.1 Å². The molecule has 3 aromatic heterocycles. The van der Waals surface area contributed by atoms with E-state index in [2.05, 4.69) is 88.8 Å². The number of nitrogens with zero attached hydrogens (tertiary/aromatic N) is 4. The molecule has 3 heterocycles. The molecule has 63 heavy (non-hydrogen) atoms. The fourth-order valence-electron chi connectivity index (χ4n) is 8.54. The van der Waals surface area contributed by atoms with E-state index < -0.39 is 60.4 Å². The van der Waals surface area contributed by atoms with Gasteiger partial charge in [0.25, 0.3) is 6.33 Å². The van der Waals surface area contributed by atoms with Gasteiger partial charge < -0.3 is 4.74 Å². The Bertz CT molecular complexity index is 3770. The molecule has 0 N–H and O–H groups in total. The summed E-state index contributed by atoms with van der Waals surface area (Å²) in [6, 6.07) is 29.9. The van der Waals surface area contributed by atoms with Crippen LogP contribution < -0.4 is 9.30 Å². The first-order valence-electron chi connectivity index (χ1n) is 26.1. The summed E-state index contributed by atoms with van der Waals surface area (Å²) in [7, 11) is 0. The van der Waals surface area contributed by atoms with Crippen molar-refractivity contribution in [2.75, 3.05) is 0 Å². The fraction of sp³-hybridized carbons (Fsp3) is 0.172. The van der Waals surface area contributed by atoms with Crippen LogP contribution in [0, 0.1) is 18.7 Å². The number of aryl methyl sites for hydroxylation is 1. The molecule has 7 aromatic carbocycles. The molecule has 0 amide bonds. The summed E-state index contributed by atoms with van der Waals surface area (Å²) < 4.78 is 99.9. The smallest absolute Gasteiger partial charge is 0.269 e. The Kier molecular flexibility index (Phi) is 7.40. The van der Waals surface area contributed by atoms with E-state index in [1.165, 1.54) is 11.1 Å². The van der Waals surface area contributed by atoms with Crippen molar-refractivity contribution in [2.24, 2.45) is 5.41 Å². The molecular weight excluding hydrogens is 769 g/mol. The number of rotatable bonds is 8. The summed E-state index contributed by atoms with van der Waals surface area (Å²) in [6.07, 6.45) is 6.25. The Labute approximate surface area is 384 Å². The number of fused-ring (bicyclic) bond motifs is 4. The lowest BCUT2D eigenvalue weighted by Gasteiger charge is -2.19. The molecule has 0 aliphatic heterocycles. The van der Waals surface area contributed by atoms with E-state index in [9.17, 15) is 0 Å². The summed E-state index contributed by atoms with van der Waals surface area (Å²) in [5.41, 5.74) is 7.36. The molecular formula is C58H52N4O. The zero-order valence-corrected chi connectivity index (χ0v) is 36.4. The lowest BCUT2D eigenvalue weighted by Crippen LogP contribution is -2.32. The van der Waals surface area contributed by atoms with Crippen LogP contribution in [0.3, 0.4) is 0 Å². The molecule has 5 heteroatoms. The third-order valence-corrected chi connectivity index (χ3v) is 11.4. The van der Waals surface area contributed by atoms with Crippen molar-refractivity contribution in [2.45, 2.75) is 60.3 Å². The highest BCUT2D eigenvalue weighted by molar-refractivity contribution is 6.09. The maximum Gasteiger partial charge on any atom is 0.269 e. The number of imidazole rings is 1. The van der Waals surface area contributed by atoms with Crippen molar-refractivity contribution in [3.8, 4) is 50.9 Å². The average molecular weight is 831 g/mol. The second-order valence-electron chi connectivity index (χ2n) is 18.3. The predicted molar refractivity (Wildman–Crippen MR) is 260 cm³/mol. The first kappa shape index (κ1) is 29.9. The summed E-state index contributed by atoms with van der Waals surface area (Å²) in [6.45, 7) is 15.2. The number of hydrogen-bond donors (Lipinski definition) is 0. The van der Waals surface area contributed by atoms with E-state index in [4.69, 9.17) is 23.4 Å². The van der Waals surface area contributed by atoms with E-state index in [1.54, 1.807) is 22.8 Å². The molecule has 0 aliphatic rings. The van der Waals surface area contributed by atoms with Crippen LogP contribution in [0.1, 0.15) is 71.9 Å². The maximum absolute atomic E-state index is 9.07. The number of ether oxygens (including phenoxy) is 1. The standard InChI is InChI=1S/C58H52N4O/c1-39-17-14-26-52-55(39)61(56-47(41-18-10-8-11-19-41)24-16-25-48(56)42-20-12-9-13-21-42)38-60(52)44-22-15-23-45(35-44)63-46-28-29-49-50-34-43(58(5,6)7)27-30-51(50)62(53(49)36-46)54-33-40(31-32-59-54)37-57(2,3)4/h8-36H,37H2,1-7H3/i8D,9D,10D,11D,12D,13D,18D,19D,20D,21D. The van der Waals surface area contributed by atoms with Gasteiger partial charge in [-0.3, -0.25) is 13.7 Å². The van der Waals surface area contributed by atoms with Gasteiger partial charge in [-0.15, -0.1) is 0 Å². The van der Waals surface area contributed by atoms with E-state index in [-0.39, 0.29) is 38.8 Å². The highest BCUT2D eigenvalue weighted by Gasteiger charge is 2.23. The summed E-state index contributed by atoms with van der Waals surface area (Å²) >= 11 is 0. The van der Waals surface area contributed by atoms with E-state index in [1.807, 2.05) is 72.3 Å². The van der Waals surface area contributed by atoms with E-state index in [0.717, 1.165) is 39.6 Å². The number of hydrogen-bond acceptors (Lipinski definition) is 2. The Balaban J connectivity index is 1.15. The molecule has 10 aromatic rings. The van der Waals surface area contributed by atoms with E-state index >= 15 is 0 Å². The molecule has 0 saturated carbocycles. The lowest BCUT2D eigenvalue weighted by atomic mass is 9.86. The Morgan fingerprint density at radius 1 is 0.651 bits per heavy atom. The normalized spacial score (nSPS) is 14.3. The molecule has 0 atom stereocenters. The van der Waals surface area contributed by atoms with Gasteiger partial charge in [0, 0.05) is 23.0 Å². The monoisotopic (exact) mass is 830 g/mol. The van der Waals surface area contributed by atoms with Crippen LogP contribution in [0.2, 0.25) is 0 Å². The zero-order valence-electron chi connectivity index (χ0n) is 46.4. The Morgan fingerprint density at radius 2 is 1.33 bits per heavy atom. The van der Waals surface area contributed by atoms with Gasteiger partial charge in [-0.05, 0) is 118 Å². The topological polar surface area (TPSA) is 35.9 Å². The molecule has 0 fully saturated rings. The van der Waals surface area contributed by atoms with Gasteiger partial charge in [0.2, 0.25) is 0 Å². The second kappa shape index (κ2) is 15.6. The minimum atomic E-state index is -0.564. The molecule has 310 valence electrons. The third kappa shape index (κ3) is 7.59. The average Bonchev–Trinajstić information content (AvgIpc) is 3.90. The van der Waals surface area contributed by atoms with Crippen LogP contribution in [-0.4, -0.2) is 14.1 Å². The van der Waals surface area contributed by atoms with Crippen molar-refractivity contribution in [3.63, 3.8) is 0 Å². The van der Waals surface area contributed by atoms with Gasteiger partial charge in [0.1, 0.15) is 17.3 Å². The first-order valence-corrected chi connectivity index (χ1v) is 21.1. The summed E-state index contributed by atoms with van der Waals surface area (Å²) in [5.74, 6) is 1.93. The number of pyridine rings is 1. The van der Waals surface area contributed by atoms with E-state index in [0.29, 0.717) is 28.2 Å². The largest absolute Gasteiger partial charge is 0.458 e. The van der Waals surface area contributed by atoms with Crippen molar-refractivity contribution < 1.29 is 23.0 Å². The molecule has 0 saturated heterocycles. The van der Waals surface area contributed by atoms with Gasteiger partial charge in [-0.25, -0.2) is 4.98 Å². The van der Waals surface area contributed by atoms with Crippen LogP contribution >= 0.6 is 0 Å². The lowest BCUT2D eigenvalue weighted by molar-refractivity contribution is -0.571. The maximum atomic E-state index is 9.07. The summed E-state index contributed by atoms with van der Waals surface area (Å²) in [4.78, 5) is 4.91. The molecule has 5 nitrogen and oxygen atoms in total. The van der Waals surface area contributed by atoms with Crippen LogP contribution in [0.5, 0.6) is 11.5 Å². The number of aromatic nitrogens is 4. The molecule has 10 rings (SSSR count). The molecule has 0 unspecified atom stereocenters. The van der Waals surface area contributed by atoms with Gasteiger partial charge >= 0.3 is 0 Å². The molecule has 0 spiro atoms. The number of benzene rings is 7. The van der Waals surface area contributed by atoms with Crippen LogP contribution in [-0.2, 0) is 11.8 Å². The van der Waals surface area contributed by atoms with Crippen molar-refractivity contribution in [3.05, 3.63) is 199 Å². The molecule has 0 bridgehead atoms. The molecule has 0 radical (unpaired) electrons. The van der Waals surface area contributed by atoms with Gasteiger partial charge in [0.15, 0.2) is 0 Å². The van der Waals surface area contributed by atoms with Crippen molar-refractivity contribution in [1.29, 1.82) is 0 Å². The quantitative estimate of drug-likeness (QED) is 0.113. The van der Waals surface area contributed by atoms with Gasteiger partial charge in [-0.2, -0.15) is 0 Å². The zero-order chi connectivity index (χ0) is 52.2. The van der Waals surface area contributed by atoms with Gasteiger partial charge in [-0.1, -0.05) is 150 Å².